The molecule has 96 valence electrons. The van der Waals surface area contributed by atoms with Crippen molar-refractivity contribution in [2.24, 2.45) is 0 Å². The van der Waals surface area contributed by atoms with Crippen molar-refractivity contribution in [2.45, 2.75) is 6.18 Å². The summed E-state index contributed by atoms with van der Waals surface area (Å²) in [7, 11) is 1.39. The molecule has 17 heavy (non-hydrogen) atoms. The van der Waals surface area contributed by atoms with Crippen LogP contribution in [0, 0.1) is 0 Å². The number of carbonyl (C=O) groups is 1. The molecular formula is C7H9F3N4O2S. The first-order valence-electron chi connectivity index (χ1n) is 4.38. The van der Waals surface area contributed by atoms with Crippen LogP contribution < -0.4 is 5.32 Å². The first-order chi connectivity index (χ1) is 7.84. The molecule has 0 radical (unpaired) electrons. The van der Waals surface area contributed by atoms with E-state index in [0.717, 1.165) is 4.90 Å². The van der Waals surface area contributed by atoms with Crippen molar-refractivity contribution in [2.75, 3.05) is 25.5 Å². The number of nitrogens with zero attached hydrogens (tertiary/aromatic N) is 3. The summed E-state index contributed by atoms with van der Waals surface area (Å²) in [6.45, 7) is -0.176. The molecule has 0 aromatic carbocycles. The van der Waals surface area contributed by atoms with Gasteiger partial charge in [0.15, 0.2) is 0 Å². The zero-order chi connectivity index (χ0) is 13.1. The second-order valence-electron chi connectivity index (χ2n) is 2.99. The van der Waals surface area contributed by atoms with E-state index >= 15 is 0 Å². The lowest BCUT2D eigenvalue weighted by molar-refractivity contribution is -0.138. The van der Waals surface area contributed by atoms with Gasteiger partial charge in [-0.1, -0.05) is 11.3 Å². The zero-order valence-corrected chi connectivity index (χ0v) is 9.47. The summed E-state index contributed by atoms with van der Waals surface area (Å²) in [5.41, 5.74) is 0. The lowest BCUT2D eigenvalue weighted by Gasteiger charge is -2.14. The highest BCUT2D eigenvalue weighted by atomic mass is 32.1. The summed E-state index contributed by atoms with van der Waals surface area (Å²) < 4.78 is 36.5. The maximum atomic E-state index is 12.2. The first kappa shape index (κ1) is 13.6. The fourth-order valence-corrected chi connectivity index (χ4v) is 1.43. The molecule has 0 spiro atoms. The van der Waals surface area contributed by atoms with Crippen LogP contribution in [0.25, 0.3) is 0 Å². The maximum Gasteiger partial charge on any atom is 0.445 e. The van der Waals surface area contributed by atoms with E-state index in [-0.39, 0.29) is 29.6 Å². The van der Waals surface area contributed by atoms with E-state index in [2.05, 4.69) is 15.5 Å². The van der Waals surface area contributed by atoms with Gasteiger partial charge in [0.25, 0.3) is 0 Å². The highest BCUT2D eigenvalue weighted by molar-refractivity contribution is 7.15. The normalized spacial score (nSPS) is 11.4. The molecule has 0 bridgehead atoms. The number of anilines is 1. The molecule has 1 heterocycles. The van der Waals surface area contributed by atoms with E-state index in [0.29, 0.717) is 0 Å². The number of rotatable bonds is 3. The average molecular weight is 270 g/mol. The van der Waals surface area contributed by atoms with Crippen LogP contribution in [0.1, 0.15) is 5.01 Å². The maximum absolute atomic E-state index is 12.2. The molecule has 0 saturated heterocycles. The molecular weight excluding hydrogens is 261 g/mol. The topological polar surface area (TPSA) is 78.4 Å². The standard InChI is InChI=1S/C7H9F3N4O2S/c1-14(2-3-15)6(16)11-5-13-12-4(17-5)7(8,9)10/h15H,2-3H2,1H3,(H,11,13,16). The zero-order valence-electron chi connectivity index (χ0n) is 8.65. The van der Waals surface area contributed by atoms with Crippen molar-refractivity contribution >= 4 is 22.5 Å². The van der Waals surface area contributed by atoms with Crippen molar-refractivity contribution < 1.29 is 23.1 Å². The molecule has 0 aliphatic rings. The molecule has 0 saturated carbocycles. The Morgan fingerprint density at radius 2 is 2.18 bits per heavy atom. The molecule has 1 aromatic rings. The largest absolute Gasteiger partial charge is 0.445 e. The fourth-order valence-electron chi connectivity index (χ4n) is 0.827. The van der Waals surface area contributed by atoms with Crippen LogP contribution in [0.5, 0.6) is 0 Å². The van der Waals surface area contributed by atoms with Crippen molar-refractivity contribution in [1.82, 2.24) is 15.1 Å². The number of alkyl halides is 3. The smallest absolute Gasteiger partial charge is 0.395 e. The molecule has 2 amide bonds. The number of likely N-dealkylation sites (N-methyl/N-ethyl adjacent to an activating group) is 1. The van der Waals surface area contributed by atoms with Gasteiger partial charge in [-0.15, -0.1) is 10.2 Å². The van der Waals surface area contributed by atoms with Crippen LogP contribution in [0.3, 0.4) is 0 Å². The van der Waals surface area contributed by atoms with Gasteiger partial charge in [0.1, 0.15) is 0 Å². The molecule has 6 nitrogen and oxygen atoms in total. The Bertz CT molecular complexity index is 395. The van der Waals surface area contributed by atoms with E-state index in [4.69, 9.17) is 5.11 Å². The third-order valence-corrected chi connectivity index (χ3v) is 2.55. The van der Waals surface area contributed by atoms with E-state index < -0.39 is 17.2 Å². The minimum Gasteiger partial charge on any atom is -0.395 e. The molecule has 0 aliphatic carbocycles. The van der Waals surface area contributed by atoms with Crippen LogP contribution in [0.15, 0.2) is 0 Å². The molecule has 1 aromatic heterocycles. The van der Waals surface area contributed by atoms with Gasteiger partial charge >= 0.3 is 12.2 Å². The Balaban J connectivity index is 2.64. The van der Waals surface area contributed by atoms with Gasteiger partial charge in [-0.3, -0.25) is 5.32 Å². The fraction of sp³-hybridized carbons (Fsp3) is 0.571. The lowest BCUT2D eigenvalue weighted by atomic mass is 10.6. The SMILES string of the molecule is CN(CCO)C(=O)Nc1nnc(C(F)(F)F)s1. The number of hydrogen-bond donors (Lipinski definition) is 2. The van der Waals surface area contributed by atoms with Crippen LogP contribution in [-0.4, -0.2) is 46.4 Å². The van der Waals surface area contributed by atoms with Gasteiger partial charge in [0.2, 0.25) is 10.1 Å². The van der Waals surface area contributed by atoms with Gasteiger partial charge in [-0.05, 0) is 0 Å². The number of halogens is 3. The molecule has 2 N–H and O–H groups in total. The lowest BCUT2D eigenvalue weighted by Crippen LogP contribution is -2.33. The van der Waals surface area contributed by atoms with Crippen LogP contribution in [0.2, 0.25) is 0 Å². The Morgan fingerprint density at radius 3 is 2.65 bits per heavy atom. The van der Waals surface area contributed by atoms with Crippen molar-refractivity contribution in [3.8, 4) is 0 Å². The number of amides is 2. The van der Waals surface area contributed by atoms with Crippen molar-refractivity contribution in [1.29, 1.82) is 0 Å². The number of hydrogen-bond acceptors (Lipinski definition) is 5. The second-order valence-corrected chi connectivity index (χ2v) is 3.96. The number of aliphatic hydroxyl groups excluding tert-OH is 1. The predicted octanol–water partition coefficient (Wildman–Crippen LogP) is 1.01. The Labute approximate surface area is 98.1 Å². The summed E-state index contributed by atoms with van der Waals surface area (Å²) in [4.78, 5) is 12.4. The highest BCUT2D eigenvalue weighted by Gasteiger charge is 2.35. The number of aliphatic hydroxyl groups is 1. The molecule has 0 aliphatic heterocycles. The Hall–Kier alpha value is -1.42. The van der Waals surface area contributed by atoms with Gasteiger partial charge in [-0.2, -0.15) is 13.2 Å². The minimum atomic E-state index is -4.57. The predicted molar refractivity (Wildman–Crippen MR) is 53.6 cm³/mol. The van der Waals surface area contributed by atoms with Gasteiger partial charge < -0.3 is 10.0 Å². The van der Waals surface area contributed by atoms with Gasteiger partial charge in [0, 0.05) is 13.6 Å². The Kier molecular flexibility index (Phi) is 4.23. The summed E-state index contributed by atoms with van der Waals surface area (Å²) in [6, 6.07) is -0.663. The number of urea groups is 1. The summed E-state index contributed by atoms with van der Waals surface area (Å²) in [5.74, 6) is 0. The summed E-state index contributed by atoms with van der Waals surface area (Å²) in [6.07, 6.45) is -4.57. The molecule has 0 unspecified atom stereocenters. The van der Waals surface area contributed by atoms with Gasteiger partial charge in [0.05, 0.1) is 6.61 Å². The second kappa shape index (κ2) is 5.27. The Morgan fingerprint density at radius 1 is 1.53 bits per heavy atom. The van der Waals surface area contributed by atoms with Crippen molar-refractivity contribution in [3.63, 3.8) is 0 Å². The minimum absolute atomic E-state index is 0.0662. The van der Waals surface area contributed by atoms with E-state index in [9.17, 15) is 18.0 Å². The van der Waals surface area contributed by atoms with Gasteiger partial charge in [-0.25, -0.2) is 4.79 Å². The first-order valence-corrected chi connectivity index (χ1v) is 5.20. The van der Waals surface area contributed by atoms with Crippen LogP contribution >= 0.6 is 11.3 Å². The summed E-state index contributed by atoms with van der Waals surface area (Å²) >= 11 is 0.235. The van der Waals surface area contributed by atoms with Crippen LogP contribution in [-0.2, 0) is 6.18 Å². The third kappa shape index (κ3) is 3.82. The molecule has 0 atom stereocenters. The highest BCUT2D eigenvalue weighted by Crippen LogP contribution is 2.32. The quantitative estimate of drug-likeness (QED) is 0.859. The van der Waals surface area contributed by atoms with E-state index in [1.165, 1.54) is 7.05 Å². The van der Waals surface area contributed by atoms with E-state index in [1.54, 1.807) is 0 Å². The monoisotopic (exact) mass is 270 g/mol. The molecule has 1 rings (SSSR count). The number of carbonyl (C=O) groups excluding carboxylic acids is 1. The van der Waals surface area contributed by atoms with Crippen molar-refractivity contribution in [3.05, 3.63) is 5.01 Å². The molecule has 0 fully saturated rings. The number of nitrogens with one attached hydrogen (secondary N) is 1. The average Bonchev–Trinajstić information content (AvgIpc) is 2.66. The van der Waals surface area contributed by atoms with Crippen LogP contribution in [0.4, 0.5) is 23.1 Å². The summed E-state index contributed by atoms with van der Waals surface area (Å²) in [5, 5.41) is 15.4. The number of aromatic nitrogens is 2. The molecule has 10 heteroatoms. The van der Waals surface area contributed by atoms with E-state index in [1.807, 2.05) is 0 Å². The third-order valence-electron chi connectivity index (χ3n) is 1.66.